The van der Waals surface area contributed by atoms with Gasteiger partial charge in [-0.15, -0.1) is 11.6 Å². The Bertz CT molecular complexity index is 477. The number of ether oxygens (including phenoxy) is 2. The fourth-order valence-electron chi connectivity index (χ4n) is 1.59. The average molecular weight is 307 g/mol. The Morgan fingerprint density at radius 3 is 2.63 bits per heavy atom. The Kier molecular flexibility index (Phi) is 6.45. The fourth-order valence-corrected chi connectivity index (χ4v) is 2.65. The Morgan fingerprint density at radius 2 is 2.05 bits per heavy atom. The molecule has 0 saturated heterocycles. The predicted molar refractivity (Wildman–Crippen MR) is 77.0 cm³/mol. The van der Waals surface area contributed by atoms with Crippen LogP contribution >= 0.6 is 11.6 Å². The lowest BCUT2D eigenvalue weighted by molar-refractivity contribution is 0.292. The lowest BCUT2D eigenvalue weighted by atomic mass is 10.2. The molecule has 0 amide bonds. The molecule has 0 aliphatic rings. The third-order valence-electron chi connectivity index (χ3n) is 2.71. The molecule has 0 saturated carbocycles. The Morgan fingerprint density at radius 1 is 1.32 bits per heavy atom. The van der Waals surface area contributed by atoms with Crippen molar-refractivity contribution in [3.8, 4) is 11.5 Å². The molecule has 6 heteroatoms. The summed E-state index contributed by atoms with van der Waals surface area (Å²) in [6, 6.07) is 5.48. The Hall–Kier alpha value is -0.940. The van der Waals surface area contributed by atoms with Gasteiger partial charge in [0, 0.05) is 11.3 Å². The number of alkyl halides is 1. The maximum Gasteiger partial charge on any atom is 0.165 e. The SMILES string of the molecule is CCS(=O)(=O)CCCOc1c(CCl)cccc1OC. The molecular weight excluding hydrogens is 288 g/mol. The van der Waals surface area contributed by atoms with Crippen LogP contribution in [-0.4, -0.2) is 33.6 Å². The van der Waals surface area contributed by atoms with Gasteiger partial charge in [-0.05, 0) is 12.5 Å². The molecule has 0 aliphatic heterocycles. The van der Waals surface area contributed by atoms with Gasteiger partial charge < -0.3 is 9.47 Å². The molecule has 0 heterocycles. The van der Waals surface area contributed by atoms with Crippen LogP contribution in [0.15, 0.2) is 18.2 Å². The van der Waals surface area contributed by atoms with E-state index in [4.69, 9.17) is 21.1 Å². The summed E-state index contributed by atoms with van der Waals surface area (Å²) in [6.07, 6.45) is 0.454. The number of sulfone groups is 1. The van der Waals surface area contributed by atoms with E-state index < -0.39 is 9.84 Å². The van der Waals surface area contributed by atoms with Crippen molar-refractivity contribution in [2.45, 2.75) is 19.2 Å². The molecule has 0 aliphatic carbocycles. The first-order valence-electron chi connectivity index (χ1n) is 6.09. The van der Waals surface area contributed by atoms with Gasteiger partial charge in [-0.3, -0.25) is 0 Å². The summed E-state index contributed by atoms with van der Waals surface area (Å²) in [6.45, 7) is 1.96. The van der Waals surface area contributed by atoms with Crippen molar-refractivity contribution in [3.63, 3.8) is 0 Å². The number of para-hydroxylation sites is 1. The molecule has 19 heavy (non-hydrogen) atoms. The molecule has 1 rings (SSSR count). The van der Waals surface area contributed by atoms with Crippen LogP contribution in [0.25, 0.3) is 0 Å². The van der Waals surface area contributed by atoms with E-state index in [1.165, 1.54) is 0 Å². The van der Waals surface area contributed by atoms with Crippen LogP contribution < -0.4 is 9.47 Å². The van der Waals surface area contributed by atoms with E-state index in [1.54, 1.807) is 20.1 Å². The zero-order valence-electron chi connectivity index (χ0n) is 11.2. The summed E-state index contributed by atoms with van der Waals surface area (Å²) in [7, 11) is -1.39. The van der Waals surface area contributed by atoms with Gasteiger partial charge in [-0.25, -0.2) is 8.42 Å². The standard InChI is InChI=1S/C13H19ClO4S/c1-3-19(15,16)9-5-8-18-13-11(10-14)6-4-7-12(13)17-2/h4,6-7H,3,5,8-10H2,1-2H3. The van der Waals surface area contributed by atoms with Crippen molar-refractivity contribution in [2.24, 2.45) is 0 Å². The quantitative estimate of drug-likeness (QED) is 0.547. The molecule has 0 unspecified atom stereocenters. The molecule has 0 radical (unpaired) electrons. The van der Waals surface area contributed by atoms with E-state index >= 15 is 0 Å². The molecule has 1 aromatic rings. The van der Waals surface area contributed by atoms with Gasteiger partial charge in [0.05, 0.1) is 25.3 Å². The highest BCUT2D eigenvalue weighted by molar-refractivity contribution is 7.91. The third-order valence-corrected chi connectivity index (χ3v) is 4.79. The molecule has 0 spiro atoms. The maximum atomic E-state index is 11.4. The maximum absolute atomic E-state index is 11.4. The number of hydrogen-bond acceptors (Lipinski definition) is 4. The van der Waals surface area contributed by atoms with Crippen LogP contribution in [0.2, 0.25) is 0 Å². The van der Waals surface area contributed by atoms with Gasteiger partial charge in [0.25, 0.3) is 0 Å². The van der Waals surface area contributed by atoms with Gasteiger partial charge in [0.2, 0.25) is 0 Å². The fraction of sp³-hybridized carbons (Fsp3) is 0.538. The zero-order chi connectivity index (χ0) is 14.3. The van der Waals surface area contributed by atoms with Crippen LogP contribution in [0.1, 0.15) is 18.9 Å². The van der Waals surface area contributed by atoms with Crippen LogP contribution in [0.5, 0.6) is 11.5 Å². The van der Waals surface area contributed by atoms with Crippen molar-refractivity contribution in [2.75, 3.05) is 25.2 Å². The second-order valence-corrected chi connectivity index (χ2v) is 6.76. The van der Waals surface area contributed by atoms with Crippen molar-refractivity contribution in [1.82, 2.24) is 0 Å². The van der Waals surface area contributed by atoms with Crippen molar-refractivity contribution in [3.05, 3.63) is 23.8 Å². The largest absolute Gasteiger partial charge is 0.493 e. The second-order valence-electron chi connectivity index (χ2n) is 4.02. The first-order valence-corrected chi connectivity index (χ1v) is 8.44. The summed E-state index contributed by atoms with van der Waals surface area (Å²) < 4.78 is 33.5. The van der Waals surface area contributed by atoms with Crippen molar-refractivity contribution >= 4 is 21.4 Å². The molecule has 0 bridgehead atoms. The molecule has 1 aromatic carbocycles. The molecule has 108 valence electrons. The van der Waals surface area contributed by atoms with Crippen LogP contribution in [0, 0.1) is 0 Å². The molecule has 0 atom stereocenters. The second kappa shape index (κ2) is 7.60. The van der Waals surface area contributed by atoms with E-state index in [9.17, 15) is 8.42 Å². The Balaban J connectivity index is 2.62. The number of rotatable bonds is 8. The first kappa shape index (κ1) is 16.1. The van der Waals surface area contributed by atoms with Crippen molar-refractivity contribution in [1.29, 1.82) is 0 Å². The minimum atomic E-state index is -2.94. The highest BCUT2D eigenvalue weighted by atomic mass is 35.5. The number of benzene rings is 1. The van der Waals surface area contributed by atoms with Gasteiger partial charge in [0.15, 0.2) is 11.5 Å². The smallest absolute Gasteiger partial charge is 0.165 e. The van der Waals surface area contributed by atoms with E-state index in [0.717, 1.165) is 5.56 Å². The van der Waals surface area contributed by atoms with Crippen LogP contribution in [-0.2, 0) is 15.7 Å². The zero-order valence-corrected chi connectivity index (χ0v) is 12.8. The first-order chi connectivity index (χ1) is 9.04. The number of halogens is 1. The van der Waals surface area contributed by atoms with Gasteiger partial charge in [-0.1, -0.05) is 19.1 Å². The molecule has 0 fully saturated rings. The number of hydrogen-bond donors (Lipinski definition) is 0. The summed E-state index contributed by atoms with van der Waals surface area (Å²) in [5, 5.41) is 0. The van der Waals surface area contributed by atoms with Gasteiger partial charge in [0.1, 0.15) is 9.84 Å². The number of methoxy groups -OCH3 is 1. The molecule has 0 aromatic heterocycles. The summed E-state index contributed by atoms with van der Waals surface area (Å²) in [4.78, 5) is 0. The van der Waals surface area contributed by atoms with E-state index in [1.807, 2.05) is 12.1 Å². The van der Waals surface area contributed by atoms with Gasteiger partial charge in [-0.2, -0.15) is 0 Å². The van der Waals surface area contributed by atoms with Crippen molar-refractivity contribution < 1.29 is 17.9 Å². The Labute approximate surface area is 119 Å². The van der Waals surface area contributed by atoms with E-state index in [-0.39, 0.29) is 11.5 Å². The van der Waals surface area contributed by atoms with E-state index in [2.05, 4.69) is 0 Å². The minimum Gasteiger partial charge on any atom is -0.493 e. The molecule has 4 nitrogen and oxygen atoms in total. The summed E-state index contributed by atoms with van der Waals surface area (Å²) in [5.41, 5.74) is 0.833. The van der Waals surface area contributed by atoms with Gasteiger partial charge >= 0.3 is 0 Å². The minimum absolute atomic E-state index is 0.134. The molecular formula is C13H19ClO4S. The summed E-state index contributed by atoms with van der Waals surface area (Å²) in [5.74, 6) is 1.81. The lowest BCUT2D eigenvalue weighted by Crippen LogP contribution is -2.12. The topological polar surface area (TPSA) is 52.6 Å². The van der Waals surface area contributed by atoms with Crippen LogP contribution in [0.4, 0.5) is 0 Å². The lowest BCUT2D eigenvalue weighted by Gasteiger charge is -2.13. The predicted octanol–water partition coefficient (Wildman–Crippen LogP) is 2.64. The summed E-state index contributed by atoms with van der Waals surface area (Å²) >= 11 is 5.84. The van der Waals surface area contributed by atoms with Crippen LogP contribution in [0.3, 0.4) is 0 Å². The highest BCUT2D eigenvalue weighted by Gasteiger charge is 2.11. The molecule has 0 N–H and O–H groups in total. The normalized spacial score (nSPS) is 11.3. The van der Waals surface area contributed by atoms with E-state index in [0.29, 0.717) is 30.4 Å². The highest BCUT2D eigenvalue weighted by Crippen LogP contribution is 2.32. The average Bonchev–Trinajstić information content (AvgIpc) is 2.43. The monoisotopic (exact) mass is 306 g/mol. The third kappa shape index (κ3) is 4.91.